The fraction of sp³-hybridized carbons (Fsp3) is 0.0164. The fourth-order valence-corrected chi connectivity index (χ4v) is 11.1. The lowest BCUT2D eigenvalue weighted by molar-refractivity contribution is 0.768. The molecule has 2 heteroatoms. The molecule has 0 amide bonds. The predicted octanol–water partition coefficient (Wildman–Crippen LogP) is 16.9. The molecular weight excluding hydrogens is 779 g/mol. The average Bonchev–Trinajstić information content (AvgIpc) is 3.88. The highest BCUT2D eigenvalue weighted by Gasteiger charge is 2.46. The number of anilines is 3. The maximum Gasteiger partial charge on any atom is 0.0714 e. The van der Waals surface area contributed by atoms with Crippen LogP contribution in [0.2, 0.25) is 0 Å². The molecule has 0 N–H and O–H groups in total. The molecular formula is C61H41NS. The van der Waals surface area contributed by atoms with Crippen molar-refractivity contribution in [3.8, 4) is 44.5 Å². The topological polar surface area (TPSA) is 3.24 Å². The summed E-state index contributed by atoms with van der Waals surface area (Å²) in [4.78, 5) is 2.44. The van der Waals surface area contributed by atoms with Crippen molar-refractivity contribution in [3.05, 3.63) is 271 Å². The number of thiophene rings is 1. The first-order valence-corrected chi connectivity index (χ1v) is 22.5. The van der Waals surface area contributed by atoms with Crippen molar-refractivity contribution in [3.63, 3.8) is 0 Å². The Labute approximate surface area is 372 Å². The Morgan fingerprint density at radius 1 is 0.286 bits per heavy atom. The van der Waals surface area contributed by atoms with Crippen molar-refractivity contribution in [2.75, 3.05) is 4.90 Å². The Bertz CT molecular complexity index is 3380. The molecule has 63 heavy (non-hydrogen) atoms. The molecule has 1 aliphatic carbocycles. The molecule has 10 aromatic carbocycles. The zero-order valence-corrected chi connectivity index (χ0v) is 35.3. The minimum Gasteiger partial charge on any atom is -0.310 e. The lowest BCUT2D eigenvalue weighted by atomic mass is 9.67. The first-order chi connectivity index (χ1) is 31.2. The minimum atomic E-state index is -0.507. The highest BCUT2D eigenvalue weighted by Crippen LogP contribution is 2.57. The van der Waals surface area contributed by atoms with Gasteiger partial charge in [0.2, 0.25) is 0 Å². The van der Waals surface area contributed by atoms with Gasteiger partial charge in [-0.1, -0.05) is 194 Å². The van der Waals surface area contributed by atoms with Gasteiger partial charge in [-0.25, -0.2) is 0 Å². The maximum atomic E-state index is 2.46. The molecule has 1 heterocycles. The number of nitrogens with zero attached hydrogens (tertiary/aromatic N) is 1. The van der Waals surface area contributed by atoms with Gasteiger partial charge in [-0.2, -0.15) is 0 Å². The number of benzene rings is 10. The molecule has 0 saturated heterocycles. The first kappa shape index (κ1) is 37.0. The van der Waals surface area contributed by atoms with Crippen LogP contribution < -0.4 is 4.90 Å². The maximum absolute atomic E-state index is 2.46. The lowest BCUT2D eigenvalue weighted by Crippen LogP contribution is -2.28. The van der Waals surface area contributed by atoms with Crippen LogP contribution in [0.5, 0.6) is 0 Å². The quantitative estimate of drug-likeness (QED) is 0.148. The summed E-state index contributed by atoms with van der Waals surface area (Å²) in [7, 11) is 0. The van der Waals surface area contributed by atoms with Gasteiger partial charge in [0.05, 0.1) is 5.41 Å². The van der Waals surface area contributed by atoms with Crippen LogP contribution in [0.15, 0.2) is 249 Å². The summed E-state index contributed by atoms with van der Waals surface area (Å²) >= 11 is 1.86. The molecule has 0 fully saturated rings. The summed E-state index contributed by atoms with van der Waals surface area (Å²) in [6.45, 7) is 0. The van der Waals surface area contributed by atoms with E-state index in [9.17, 15) is 0 Å². The van der Waals surface area contributed by atoms with Gasteiger partial charge in [0.25, 0.3) is 0 Å². The summed E-state index contributed by atoms with van der Waals surface area (Å²) < 4.78 is 2.63. The van der Waals surface area contributed by atoms with Crippen molar-refractivity contribution in [1.82, 2.24) is 0 Å². The van der Waals surface area contributed by atoms with E-state index >= 15 is 0 Å². The van der Waals surface area contributed by atoms with E-state index in [1.54, 1.807) is 0 Å². The standard InChI is InChI=1S/C61H41NS/c1-4-15-42(16-5-1)43-27-29-44(30-28-43)45-31-34-50(35-32-45)62(51-22-14-17-46(39-51)47-33-38-60-56(40-47)55-24-11-13-26-59(55)63-60)52-36-37-54-53-23-10-12-25-57(53)61(58(54)41-52,48-18-6-2-7-19-48)49-20-8-3-9-21-49/h1-41H. The second kappa shape index (κ2) is 15.3. The van der Waals surface area contributed by atoms with Gasteiger partial charge in [0.15, 0.2) is 0 Å². The zero-order valence-electron chi connectivity index (χ0n) is 34.5. The Hall–Kier alpha value is -7.78. The van der Waals surface area contributed by atoms with E-state index in [1.165, 1.54) is 86.9 Å². The van der Waals surface area contributed by atoms with Gasteiger partial charge in [0.1, 0.15) is 0 Å². The second-order valence-electron chi connectivity index (χ2n) is 16.4. The highest BCUT2D eigenvalue weighted by molar-refractivity contribution is 7.25. The first-order valence-electron chi connectivity index (χ1n) is 21.7. The molecule has 12 rings (SSSR count). The third-order valence-corrected chi connectivity index (χ3v) is 14.1. The van der Waals surface area contributed by atoms with Gasteiger partial charge in [-0.15, -0.1) is 11.3 Å². The molecule has 0 unspecified atom stereocenters. The molecule has 296 valence electrons. The number of rotatable bonds is 8. The van der Waals surface area contributed by atoms with Crippen molar-refractivity contribution in [1.29, 1.82) is 0 Å². The average molecular weight is 820 g/mol. The molecule has 0 bridgehead atoms. The SMILES string of the molecule is c1ccc(-c2ccc(-c3ccc(N(c4cccc(-c5ccc6sc7ccccc7c6c5)c4)c4ccc5c(c4)C(c4ccccc4)(c4ccccc4)c4ccccc4-5)cc3)cc2)cc1. The van der Waals surface area contributed by atoms with E-state index < -0.39 is 5.41 Å². The van der Waals surface area contributed by atoms with Crippen LogP contribution in [0.4, 0.5) is 17.1 Å². The van der Waals surface area contributed by atoms with Crippen LogP contribution in [-0.2, 0) is 5.41 Å². The molecule has 1 nitrogen and oxygen atoms in total. The van der Waals surface area contributed by atoms with E-state index in [1.807, 2.05) is 11.3 Å². The summed E-state index contributed by atoms with van der Waals surface area (Å²) in [5.74, 6) is 0. The Kier molecular flexibility index (Phi) is 8.98. The second-order valence-corrected chi connectivity index (χ2v) is 17.5. The lowest BCUT2D eigenvalue weighted by Gasteiger charge is -2.35. The summed E-state index contributed by atoms with van der Waals surface area (Å²) in [6.07, 6.45) is 0. The van der Waals surface area contributed by atoms with E-state index in [0.29, 0.717) is 0 Å². The monoisotopic (exact) mass is 819 g/mol. The number of hydrogen-bond donors (Lipinski definition) is 0. The summed E-state index contributed by atoms with van der Waals surface area (Å²) in [6, 6.07) is 91.6. The number of fused-ring (bicyclic) bond motifs is 6. The van der Waals surface area contributed by atoms with Crippen molar-refractivity contribution >= 4 is 48.6 Å². The van der Waals surface area contributed by atoms with Gasteiger partial charge in [-0.3, -0.25) is 0 Å². The Morgan fingerprint density at radius 2 is 0.778 bits per heavy atom. The summed E-state index contributed by atoms with van der Waals surface area (Å²) in [5, 5.41) is 2.62. The Balaban J connectivity index is 1.03. The molecule has 0 spiro atoms. The Morgan fingerprint density at radius 3 is 1.49 bits per heavy atom. The van der Waals surface area contributed by atoms with Crippen LogP contribution in [0.3, 0.4) is 0 Å². The van der Waals surface area contributed by atoms with Crippen LogP contribution in [0.1, 0.15) is 22.3 Å². The van der Waals surface area contributed by atoms with Crippen molar-refractivity contribution < 1.29 is 0 Å². The van der Waals surface area contributed by atoms with Crippen molar-refractivity contribution in [2.24, 2.45) is 0 Å². The van der Waals surface area contributed by atoms with E-state index in [-0.39, 0.29) is 0 Å². The minimum absolute atomic E-state index is 0.507. The molecule has 0 atom stereocenters. The van der Waals surface area contributed by atoms with E-state index in [4.69, 9.17) is 0 Å². The predicted molar refractivity (Wildman–Crippen MR) is 268 cm³/mol. The molecule has 0 saturated carbocycles. The van der Waals surface area contributed by atoms with Gasteiger partial charge in [-0.05, 0) is 121 Å². The van der Waals surface area contributed by atoms with Gasteiger partial charge in [0, 0.05) is 37.2 Å². The number of hydrogen-bond acceptors (Lipinski definition) is 2. The molecule has 1 aromatic heterocycles. The van der Waals surface area contributed by atoms with Crippen LogP contribution in [0.25, 0.3) is 64.7 Å². The third-order valence-electron chi connectivity index (χ3n) is 13.0. The molecule has 1 aliphatic rings. The van der Waals surface area contributed by atoms with E-state index in [2.05, 4.69) is 254 Å². The van der Waals surface area contributed by atoms with Crippen molar-refractivity contribution in [2.45, 2.75) is 5.41 Å². The molecule has 11 aromatic rings. The zero-order chi connectivity index (χ0) is 41.7. The molecule has 0 radical (unpaired) electrons. The summed E-state index contributed by atoms with van der Waals surface area (Å²) in [5.41, 5.74) is 17.6. The molecule has 0 aliphatic heterocycles. The van der Waals surface area contributed by atoms with Crippen LogP contribution >= 0.6 is 11.3 Å². The van der Waals surface area contributed by atoms with Gasteiger partial charge < -0.3 is 4.90 Å². The largest absolute Gasteiger partial charge is 0.310 e. The smallest absolute Gasteiger partial charge is 0.0714 e. The fourth-order valence-electron chi connectivity index (χ4n) is 10.0. The highest BCUT2D eigenvalue weighted by atomic mass is 32.1. The van der Waals surface area contributed by atoms with E-state index in [0.717, 1.165) is 17.1 Å². The van der Waals surface area contributed by atoms with Gasteiger partial charge >= 0.3 is 0 Å². The van der Waals surface area contributed by atoms with Crippen LogP contribution in [-0.4, -0.2) is 0 Å². The third kappa shape index (κ3) is 6.22. The normalized spacial score (nSPS) is 12.6. The van der Waals surface area contributed by atoms with Crippen LogP contribution in [0, 0.1) is 0 Å².